The number of hydrogen-bond donors (Lipinski definition) is 2. The van der Waals surface area contributed by atoms with E-state index in [0.717, 1.165) is 59.2 Å². The van der Waals surface area contributed by atoms with Crippen molar-refractivity contribution in [2.45, 2.75) is 136 Å². The van der Waals surface area contributed by atoms with Gasteiger partial charge in [0.1, 0.15) is 6.04 Å². The monoisotopic (exact) mass is 775 g/mol. The van der Waals surface area contributed by atoms with E-state index in [1.165, 1.54) is 17.2 Å². The van der Waals surface area contributed by atoms with Crippen LogP contribution in [-0.4, -0.2) is 43.8 Å². The van der Waals surface area contributed by atoms with Crippen molar-refractivity contribution >= 4 is 28.2 Å². The molecule has 2 saturated carbocycles. The van der Waals surface area contributed by atoms with E-state index in [2.05, 4.69) is 50.1 Å². The van der Waals surface area contributed by atoms with Gasteiger partial charge in [0.2, 0.25) is 0 Å². The quantitative estimate of drug-likeness (QED) is 0.349. The number of ketones is 1. The standard InChI is InChI=1S/C44H53NO6.Rb/c1-22(2)35-38(50)33-32-25(28-21-40(4,5)51-41(6,7)34(28)37(32)49)20-26-27-19-24-13-14-29-42(8,16-11-12-23(3)18-31(47)48)30(46)15-17-43(29,9)44(24,10)39(27)45(35)36(26)33;/h11-12,16,20-21,29-30,35,37,46,49H,1,13-15,17-19H2,2-10H3,(H,47,48);/q;+1/p-1/b16-11+,23-12+;/t29?,30?,35-,37?,42-,43-,44+;/m0./s1. The fourth-order valence-corrected chi connectivity index (χ4v) is 12.2. The van der Waals surface area contributed by atoms with Crippen LogP contribution < -0.4 is 63.3 Å². The number of benzene rings is 1. The maximum absolute atomic E-state index is 14.8. The van der Waals surface area contributed by atoms with Gasteiger partial charge in [0.25, 0.3) is 0 Å². The minimum Gasteiger partial charge on any atom is -0.550 e. The number of carbonyl (C=O) groups is 2. The van der Waals surface area contributed by atoms with Gasteiger partial charge in [-0.2, -0.15) is 0 Å². The second-order valence-electron chi connectivity index (χ2n) is 18.3. The molecule has 2 aromatic rings. The van der Waals surface area contributed by atoms with Crippen molar-refractivity contribution in [2.75, 3.05) is 0 Å². The molecule has 3 unspecified atom stereocenters. The van der Waals surface area contributed by atoms with Gasteiger partial charge < -0.3 is 29.4 Å². The molecule has 0 spiro atoms. The summed E-state index contributed by atoms with van der Waals surface area (Å²) in [4.78, 5) is 26.0. The number of nitrogens with zero attached hydrogens (tertiary/aromatic N) is 1. The van der Waals surface area contributed by atoms with Crippen molar-refractivity contribution in [3.8, 4) is 0 Å². The van der Waals surface area contributed by atoms with E-state index in [4.69, 9.17) is 4.74 Å². The molecule has 2 radical (unpaired) electrons. The third-order valence-corrected chi connectivity index (χ3v) is 14.3. The smallest absolute Gasteiger partial charge is 0.550 e. The van der Waals surface area contributed by atoms with Crippen molar-refractivity contribution in [1.82, 2.24) is 4.57 Å². The number of aromatic nitrogens is 1. The molecule has 52 heavy (non-hydrogen) atoms. The number of allylic oxidation sites excluding steroid dienone is 3. The molecular formula is C44H52NO6Rb. The summed E-state index contributed by atoms with van der Waals surface area (Å²) in [5.41, 5.74) is 5.73. The SMILES string of the molecule is C=C(C)[C@H]1C(=O)c2c3c(cc4c5c(n1c24)[C@@]1(C)[C](CCC2[C@](C)(/C=C/C=C(\C)CC(=O)[O-])C(O)CC[C@@]21C)C5)C1=CC(C)(C)OC(C)(C)[C]1C3O.[Rb+]. The van der Waals surface area contributed by atoms with E-state index in [1.54, 1.807) is 6.92 Å². The maximum Gasteiger partial charge on any atom is 1.00 e. The number of aliphatic hydroxyl groups excluding tert-OH is 2. The molecule has 7 atom stereocenters. The number of Topliss-reactive ketones (excluding diaryl/α,β-unsaturated/α-hetero) is 1. The number of carboxylic acid groups (broad SMARTS) is 1. The van der Waals surface area contributed by atoms with Gasteiger partial charge in [-0.3, -0.25) is 4.79 Å². The van der Waals surface area contributed by atoms with Crippen molar-refractivity contribution < 1.29 is 87.8 Å². The Morgan fingerprint density at radius 3 is 2.46 bits per heavy atom. The van der Waals surface area contributed by atoms with Crippen LogP contribution in [0.2, 0.25) is 0 Å². The number of aliphatic carboxylic acids is 1. The summed E-state index contributed by atoms with van der Waals surface area (Å²) in [7, 11) is 0. The first-order chi connectivity index (χ1) is 23.7. The molecule has 6 aliphatic rings. The summed E-state index contributed by atoms with van der Waals surface area (Å²) in [6, 6.07) is 1.70. The molecule has 7 nitrogen and oxygen atoms in total. The topological polar surface area (TPSA) is 112 Å². The van der Waals surface area contributed by atoms with Gasteiger partial charge in [-0.25, -0.2) is 0 Å². The van der Waals surface area contributed by atoms with Crippen LogP contribution in [0.4, 0.5) is 0 Å². The molecule has 2 fully saturated rings. The zero-order chi connectivity index (χ0) is 37.0. The van der Waals surface area contributed by atoms with E-state index in [-0.39, 0.29) is 87.1 Å². The molecule has 270 valence electrons. The molecule has 1 aromatic heterocycles. The first-order valence-corrected chi connectivity index (χ1v) is 18.7. The number of aliphatic hydroxyl groups is 2. The van der Waals surface area contributed by atoms with Gasteiger partial charge in [0.15, 0.2) is 5.78 Å². The molecule has 0 amide bonds. The number of hydrogen-bond acceptors (Lipinski definition) is 6. The minimum absolute atomic E-state index is 0. The van der Waals surface area contributed by atoms with Crippen LogP contribution in [0, 0.1) is 28.6 Å². The summed E-state index contributed by atoms with van der Waals surface area (Å²) >= 11 is 0. The molecule has 4 aliphatic carbocycles. The van der Waals surface area contributed by atoms with E-state index in [9.17, 15) is 24.9 Å². The average Bonchev–Trinajstić information content (AvgIpc) is 3.67. The molecular weight excluding hydrogens is 724 g/mol. The predicted molar refractivity (Wildman–Crippen MR) is 197 cm³/mol. The zero-order valence-corrected chi connectivity index (χ0v) is 37.5. The van der Waals surface area contributed by atoms with Crippen molar-refractivity contribution in [3.05, 3.63) is 87.9 Å². The molecule has 3 heterocycles. The minimum atomic E-state index is -1.10. The predicted octanol–water partition coefficient (Wildman–Crippen LogP) is 4.16. The van der Waals surface area contributed by atoms with E-state index in [0.29, 0.717) is 23.1 Å². The van der Waals surface area contributed by atoms with E-state index < -0.39 is 40.8 Å². The number of carbonyl (C=O) groups excluding carboxylic acids is 2. The molecule has 8 heteroatoms. The maximum atomic E-state index is 14.8. The Labute approximate surface area is 357 Å². The van der Waals surface area contributed by atoms with Gasteiger partial charge >= 0.3 is 58.2 Å². The Hall–Kier alpha value is -1.45. The van der Waals surface area contributed by atoms with E-state index >= 15 is 0 Å². The Balaban J connectivity index is 0.00000420. The first-order valence-electron chi connectivity index (χ1n) is 18.7. The number of rotatable bonds is 5. The second-order valence-corrected chi connectivity index (χ2v) is 18.3. The van der Waals surface area contributed by atoms with Crippen molar-refractivity contribution in [2.24, 2.45) is 16.7 Å². The van der Waals surface area contributed by atoms with Crippen LogP contribution in [0.15, 0.2) is 48.1 Å². The average molecular weight is 776 g/mol. The molecule has 0 bridgehead atoms. The van der Waals surface area contributed by atoms with Crippen molar-refractivity contribution in [1.29, 1.82) is 0 Å². The fraction of sp³-hybridized carbons (Fsp3) is 0.545. The Bertz CT molecular complexity index is 2050. The number of carboxylic acids is 1. The van der Waals surface area contributed by atoms with Crippen LogP contribution >= 0.6 is 0 Å². The number of fused-ring (bicyclic) bond motifs is 11. The summed E-state index contributed by atoms with van der Waals surface area (Å²) in [5, 5.41) is 36.1. The van der Waals surface area contributed by atoms with Gasteiger partial charge in [0, 0.05) is 39.9 Å². The normalized spacial score (nSPS) is 35.9. The van der Waals surface area contributed by atoms with Crippen LogP contribution in [0.3, 0.4) is 0 Å². The zero-order valence-electron chi connectivity index (χ0n) is 32.6. The van der Waals surface area contributed by atoms with Crippen LogP contribution in [0.25, 0.3) is 16.5 Å². The van der Waals surface area contributed by atoms with Gasteiger partial charge in [0.05, 0.1) is 40.4 Å². The third-order valence-electron chi connectivity index (χ3n) is 14.3. The second kappa shape index (κ2) is 12.3. The summed E-state index contributed by atoms with van der Waals surface area (Å²) in [6.45, 7) is 23.2. The van der Waals surface area contributed by atoms with Crippen molar-refractivity contribution in [3.63, 3.8) is 0 Å². The van der Waals surface area contributed by atoms with Crippen LogP contribution in [-0.2, 0) is 21.4 Å². The Morgan fingerprint density at radius 2 is 1.81 bits per heavy atom. The first kappa shape index (κ1) is 38.8. The molecule has 8 rings (SSSR count). The Morgan fingerprint density at radius 1 is 1.12 bits per heavy atom. The van der Waals surface area contributed by atoms with Crippen LogP contribution in [0.1, 0.15) is 139 Å². The van der Waals surface area contributed by atoms with Crippen LogP contribution in [0.5, 0.6) is 0 Å². The van der Waals surface area contributed by atoms with Gasteiger partial charge in [-0.15, -0.1) is 0 Å². The number of ether oxygens (including phenoxy) is 1. The molecule has 2 aliphatic heterocycles. The van der Waals surface area contributed by atoms with Gasteiger partial charge in [-0.1, -0.05) is 56.7 Å². The third kappa shape index (κ3) is 4.97. The molecule has 1 aromatic carbocycles. The fourth-order valence-electron chi connectivity index (χ4n) is 12.2. The molecule has 2 N–H and O–H groups in total. The Kier molecular flexibility index (Phi) is 9.16. The van der Waals surface area contributed by atoms with E-state index in [1.807, 2.05) is 46.8 Å². The summed E-state index contributed by atoms with van der Waals surface area (Å²) in [5.74, 6) is 1.33. The molecule has 0 saturated heterocycles. The largest absolute Gasteiger partial charge is 1.00 e. The summed E-state index contributed by atoms with van der Waals surface area (Å²) in [6.07, 6.45) is 10.5. The van der Waals surface area contributed by atoms with Gasteiger partial charge in [-0.05, 0) is 120 Å². The summed E-state index contributed by atoms with van der Waals surface area (Å²) < 4.78 is 8.80.